The van der Waals surface area contributed by atoms with E-state index >= 15 is 0 Å². The van der Waals surface area contributed by atoms with Crippen LogP contribution < -0.4 is 10.4 Å². The lowest BCUT2D eigenvalue weighted by Gasteiger charge is -2.34. The number of hydrogen-bond acceptors (Lipinski definition) is 6. The van der Waals surface area contributed by atoms with Crippen LogP contribution in [0.3, 0.4) is 0 Å². The first-order valence-electron chi connectivity index (χ1n) is 8.81. The fourth-order valence-corrected chi connectivity index (χ4v) is 3.12. The molecule has 0 bridgehead atoms. The Hall–Kier alpha value is -2.97. The predicted molar refractivity (Wildman–Crippen MR) is 98.8 cm³/mol. The molecule has 3 heterocycles. The van der Waals surface area contributed by atoms with Crippen molar-refractivity contribution >= 4 is 23.5 Å². The van der Waals surface area contributed by atoms with E-state index in [1.807, 2.05) is 0 Å². The van der Waals surface area contributed by atoms with E-state index in [1.165, 1.54) is 20.9 Å². The Balaban J connectivity index is 2.04. The van der Waals surface area contributed by atoms with Gasteiger partial charge < -0.3 is 4.74 Å². The molecule has 0 aliphatic carbocycles. The molecule has 2 amide bonds. The highest BCUT2D eigenvalue weighted by molar-refractivity contribution is 5.77. The summed E-state index contributed by atoms with van der Waals surface area (Å²) in [5.74, 6) is 0. The van der Waals surface area contributed by atoms with Crippen LogP contribution >= 0.6 is 0 Å². The van der Waals surface area contributed by atoms with Crippen molar-refractivity contribution in [3.8, 4) is 0 Å². The summed E-state index contributed by atoms with van der Waals surface area (Å²) in [7, 11) is 0. The Kier molecular flexibility index (Phi) is 4.86. The normalized spacial score (nSPS) is 17.2. The van der Waals surface area contributed by atoms with Gasteiger partial charge in [0.1, 0.15) is 17.5 Å². The molecule has 1 fully saturated rings. The highest BCUT2D eigenvalue weighted by Crippen LogP contribution is 2.23. The zero-order valence-electron chi connectivity index (χ0n) is 15.9. The van der Waals surface area contributed by atoms with Crippen LogP contribution in [0.1, 0.15) is 39.3 Å². The zero-order valence-corrected chi connectivity index (χ0v) is 15.9. The predicted octanol–water partition coefficient (Wildman–Crippen LogP) is 1.55. The molecular weight excluding hydrogens is 350 g/mol. The van der Waals surface area contributed by atoms with Crippen LogP contribution in [0.4, 0.5) is 4.79 Å². The van der Waals surface area contributed by atoms with Gasteiger partial charge in [0.05, 0.1) is 5.39 Å². The molecule has 0 unspecified atom stereocenters. The number of hydrogen-bond donors (Lipinski definition) is 0. The lowest BCUT2D eigenvalue weighted by Crippen LogP contribution is -2.54. The van der Waals surface area contributed by atoms with Crippen molar-refractivity contribution in [1.82, 2.24) is 19.8 Å². The summed E-state index contributed by atoms with van der Waals surface area (Å²) in [5.41, 5.74) is -0.382. The maximum Gasteiger partial charge on any atom is 0.412 e. The zero-order chi connectivity index (χ0) is 19.8. The van der Waals surface area contributed by atoms with E-state index in [4.69, 9.17) is 4.74 Å². The minimum Gasteiger partial charge on any atom is -0.444 e. The van der Waals surface area contributed by atoms with Gasteiger partial charge in [-0.2, -0.15) is 5.10 Å². The summed E-state index contributed by atoms with van der Waals surface area (Å²) in [6.07, 6.45) is 2.35. The van der Waals surface area contributed by atoms with Crippen molar-refractivity contribution in [2.75, 3.05) is 11.6 Å². The van der Waals surface area contributed by atoms with Crippen LogP contribution in [0, 0.1) is 6.92 Å². The number of likely N-dealkylation sites (tertiary alicyclic amines) is 1. The van der Waals surface area contributed by atoms with E-state index in [9.17, 15) is 14.4 Å². The average molecular weight is 373 g/mol. The van der Waals surface area contributed by atoms with Gasteiger partial charge in [0.25, 0.3) is 0 Å². The van der Waals surface area contributed by atoms with E-state index in [-0.39, 0.29) is 16.8 Å². The van der Waals surface area contributed by atoms with E-state index in [1.54, 1.807) is 39.8 Å². The average Bonchev–Trinajstić information content (AvgIpc) is 3.08. The Morgan fingerprint density at radius 3 is 2.81 bits per heavy atom. The molecule has 0 aromatic carbocycles. The second-order valence-electron chi connectivity index (χ2n) is 7.46. The number of fused-ring (bicyclic) bond motifs is 1. The number of ether oxygens (including phenoxy) is 1. The van der Waals surface area contributed by atoms with Gasteiger partial charge >= 0.3 is 6.09 Å². The molecule has 2 aromatic heterocycles. The molecule has 2 aromatic rings. The summed E-state index contributed by atoms with van der Waals surface area (Å²) in [4.78, 5) is 43.9. The first-order chi connectivity index (χ1) is 12.7. The monoisotopic (exact) mass is 373 g/mol. The summed E-state index contributed by atoms with van der Waals surface area (Å²) in [6.45, 7) is 7.41. The number of pyridine rings is 1. The molecule has 9 nitrogen and oxygen atoms in total. The maximum absolute atomic E-state index is 12.6. The number of amides is 2. The number of aryl methyl sites for hydroxylation is 1. The molecule has 1 atom stereocenters. The number of nitrogens with zero attached hydrogens (tertiary/aromatic N) is 5. The Bertz CT molecular complexity index is 933. The smallest absolute Gasteiger partial charge is 0.412 e. The second kappa shape index (κ2) is 6.98. The summed E-state index contributed by atoms with van der Waals surface area (Å²) < 4.78 is 5.46. The minimum absolute atomic E-state index is 0.240. The van der Waals surface area contributed by atoms with Crippen LogP contribution in [0.25, 0.3) is 11.0 Å². The lowest BCUT2D eigenvalue weighted by molar-refractivity contribution is -0.110. The van der Waals surface area contributed by atoms with Crippen LogP contribution in [-0.2, 0) is 9.53 Å². The highest BCUT2D eigenvalue weighted by atomic mass is 16.6. The summed E-state index contributed by atoms with van der Waals surface area (Å²) in [6, 6.07) is 3.29. The third-order valence-corrected chi connectivity index (χ3v) is 4.28. The molecule has 144 valence electrons. The SMILES string of the molecule is Cc1nn(N(C=O)[C@H]2CCCN2C(=O)OC(C)(C)C)c2ncccc2c1=O. The largest absolute Gasteiger partial charge is 0.444 e. The fourth-order valence-electron chi connectivity index (χ4n) is 3.12. The number of carbonyl (C=O) groups excluding carboxylic acids is 2. The molecule has 1 saturated heterocycles. The van der Waals surface area contributed by atoms with Crippen LogP contribution in [0.2, 0.25) is 0 Å². The Morgan fingerprint density at radius 2 is 2.15 bits per heavy atom. The molecule has 0 spiro atoms. The van der Waals surface area contributed by atoms with E-state index < -0.39 is 17.9 Å². The first kappa shape index (κ1) is 18.8. The topological polar surface area (TPSA) is 97.6 Å². The standard InChI is InChI=1S/C18H23N5O4/c1-12-15(25)13-7-5-9-19-16(13)23(20-12)22(11-24)14-8-6-10-21(14)17(26)27-18(2,3)4/h5,7,9,11,14H,6,8,10H2,1-4H3/t14-/m0/s1. The number of carbonyl (C=O) groups is 2. The van der Waals surface area contributed by atoms with Crippen LogP contribution in [0.15, 0.2) is 23.1 Å². The second-order valence-corrected chi connectivity index (χ2v) is 7.46. The van der Waals surface area contributed by atoms with Crippen molar-refractivity contribution in [2.24, 2.45) is 0 Å². The van der Waals surface area contributed by atoms with Gasteiger partial charge in [-0.3, -0.25) is 14.5 Å². The van der Waals surface area contributed by atoms with Gasteiger partial charge in [-0.25, -0.2) is 14.8 Å². The van der Waals surface area contributed by atoms with Crippen molar-refractivity contribution in [2.45, 2.75) is 52.3 Å². The molecule has 9 heteroatoms. The van der Waals surface area contributed by atoms with Gasteiger partial charge in [-0.1, -0.05) is 0 Å². The van der Waals surface area contributed by atoms with E-state index in [0.717, 1.165) is 6.42 Å². The summed E-state index contributed by atoms with van der Waals surface area (Å²) in [5, 5.41) is 5.89. The van der Waals surface area contributed by atoms with Crippen molar-refractivity contribution in [3.05, 3.63) is 34.2 Å². The van der Waals surface area contributed by atoms with Crippen LogP contribution in [0.5, 0.6) is 0 Å². The first-order valence-corrected chi connectivity index (χ1v) is 8.81. The van der Waals surface area contributed by atoms with Gasteiger partial charge in [0.2, 0.25) is 11.8 Å². The van der Waals surface area contributed by atoms with Gasteiger partial charge in [0, 0.05) is 12.7 Å². The quantitative estimate of drug-likeness (QED) is 0.757. The molecule has 1 aliphatic heterocycles. The third-order valence-electron chi connectivity index (χ3n) is 4.28. The van der Waals surface area contributed by atoms with Gasteiger partial charge in [-0.05, 0) is 52.7 Å². The fraction of sp³-hybridized carbons (Fsp3) is 0.500. The molecular formula is C18H23N5O4. The summed E-state index contributed by atoms with van der Waals surface area (Å²) >= 11 is 0. The van der Waals surface area contributed by atoms with Gasteiger partial charge in [-0.15, -0.1) is 4.79 Å². The van der Waals surface area contributed by atoms with E-state index in [2.05, 4.69) is 10.1 Å². The Labute approximate surface area is 156 Å². The van der Waals surface area contributed by atoms with E-state index in [0.29, 0.717) is 24.8 Å². The van der Waals surface area contributed by atoms with Crippen molar-refractivity contribution in [3.63, 3.8) is 0 Å². The van der Waals surface area contributed by atoms with Crippen molar-refractivity contribution in [1.29, 1.82) is 0 Å². The molecule has 3 rings (SSSR count). The highest BCUT2D eigenvalue weighted by Gasteiger charge is 2.37. The maximum atomic E-state index is 12.6. The van der Waals surface area contributed by atoms with Gasteiger partial charge in [0.15, 0.2) is 5.65 Å². The van der Waals surface area contributed by atoms with Crippen LogP contribution in [-0.4, -0.2) is 50.6 Å². The molecule has 1 aliphatic rings. The Morgan fingerprint density at radius 1 is 1.41 bits per heavy atom. The molecule has 0 saturated carbocycles. The molecule has 0 radical (unpaired) electrons. The number of aromatic nitrogens is 3. The van der Waals surface area contributed by atoms with Crippen molar-refractivity contribution < 1.29 is 14.3 Å². The lowest BCUT2D eigenvalue weighted by atomic mass is 10.2. The third kappa shape index (κ3) is 3.62. The minimum atomic E-state index is -0.642. The molecule has 27 heavy (non-hydrogen) atoms. The molecule has 0 N–H and O–H groups in total. The number of rotatable bonds is 3.